The van der Waals surface area contributed by atoms with Crippen molar-refractivity contribution in [1.29, 1.82) is 0 Å². The molecule has 0 amide bonds. The van der Waals surface area contributed by atoms with Crippen LogP contribution in [0.5, 0.6) is 0 Å². The van der Waals surface area contributed by atoms with Crippen molar-refractivity contribution in [2.45, 2.75) is 39.8 Å². The van der Waals surface area contributed by atoms with Gasteiger partial charge in [-0.3, -0.25) is 4.90 Å². The van der Waals surface area contributed by atoms with Gasteiger partial charge in [-0.25, -0.2) is 0 Å². The van der Waals surface area contributed by atoms with E-state index in [0.29, 0.717) is 18.0 Å². The van der Waals surface area contributed by atoms with Crippen LogP contribution < -0.4 is 5.73 Å². The Balaban J connectivity index is 2.62. The first-order chi connectivity index (χ1) is 8.31. The second kappa shape index (κ2) is 6.55. The average molecular weight is 269 g/mol. The molecule has 1 aromatic carbocycles. The molecule has 0 heterocycles. The highest BCUT2D eigenvalue weighted by Crippen LogP contribution is 2.23. The van der Waals surface area contributed by atoms with Gasteiger partial charge in [-0.15, -0.1) is 0 Å². The van der Waals surface area contributed by atoms with Crippen molar-refractivity contribution in [3.8, 4) is 0 Å². The number of nitrogens with two attached hydrogens (primary N) is 1. The molecule has 0 saturated heterocycles. The summed E-state index contributed by atoms with van der Waals surface area (Å²) in [5.74, 6) is 0. The van der Waals surface area contributed by atoms with Gasteiger partial charge < -0.3 is 5.73 Å². The average Bonchev–Trinajstić information content (AvgIpc) is 2.27. The Morgan fingerprint density at radius 3 is 2.22 bits per heavy atom. The quantitative estimate of drug-likeness (QED) is 0.885. The lowest BCUT2D eigenvalue weighted by molar-refractivity contribution is 0.177. The molecule has 2 N–H and O–H groups in total. The highest BCUT2D eigenvalue weighted by atomic mass is 35.5. The lowest BCUT2D eigenvalue weighted by Crippen LogP contribution is -2.40. The molecule has 18 heavy (non-hydrogen) atoms. The molecule has 0 spiro atoms. The molecule has 0 aliphatic heterocycles. The molecule has 0 radical (unpaired) electrons. The first-order valence-corrected chi connectivity index (χ1v) is 6.84. The molecule has 3 heteroatoms. The Hall–Kier alpha value is -0.570. The third-order valence-corrected chi connectivity index (χ3v) is 3.34. The van der Waals surface area contributed by atoms with Gasteiger partial charge in [0.15, 0.2) is 0 Å². The van der Waals surface area contributed by atoms with E-state index >= 15 is 0 Å². The van der Waals surface area contributed by atoms with E-state index in [9.17, 15) is 0 Å². The van der Waals surface area contributed by atoms with E-state index < -0.39 is 0 Å². The van der Waals surface area contributed by atoms with Gasteiger partial charge in [-0.05, 0) is 36.6 Å². The molecule has 1 atom stereocenters. The highest BCUT2D eigenvalue weighted by molar-refractivity contribution is 6.30. The Bertz CT molecular complexity index is 354. The zero-order chi connectivity index (χ0) is 13.8. The van der Waals surface area contributed by atoms with Crippen molar-refractivity contribution in [2.24, 2.45) is 11.1 Å². The molecule has 0 aliphatic rings. The van der Waals surface area contributed by atoms with E-state index in [1.54, 1.807) is 0 Å². The van der Waals surface area contributed by atoms with Gasteiger partial charge in [-0.1, -0.05) is 44.5 Å². The van der Waals surface area contributed by atoms with Crippen LogP contribution in [0.25, 0.3) is 0 Å². The summed E-state index contributed by atoms with van der Waals surface area (Å²) in [6.07, 6.45) is 1.10. The Morgan fingerprint density at radius 1 is 1.22 bits per heavy atom. The molecular formula is C15H25ClN2. The summed E-state index contributed by atoms with van der Waals surface area (Å²) >= 11 is 5.89. The number of nitrogens with zero attached hydrogens (tertiary/aromatic N) is 1. The van der Waals surface area contributed by atoms with Crippen molar-refractivity contribution >= 4 is 11.6 Å². The summed E-state index contributed by atoms with van der Waals surface area (Å²) < 4.78 is 0. The van der Waals surface area contributed by atoms with Crippen molar-refractivity contribution in [3.05, 3.63) is 34.9 Å². The van der Waals surface area contributed by atoms with Gasteiger partial charge >= 0.3 is 0 Å². The van der Waals surface area contributed by atoms with Gasteiger partial charge in [0.25, 0.3) is 0 Å². The fraction of sp³-hybridized carbons (Fsp3) is 0.600. The second-order valence-corrected chi connectivity index (χ2v) is 6.63. The van der Waals surface area contributed by atoms with E-state index in [1.165, 1.54) is 5.56 Å². The fourth-order valence-electron chi connectivity index (χ4n) is 2.13. The lowest BCUT2D eigenvalue weighted by atomic mass is 9.87. The minimum Gasteiger partial charge on any atom is -0.329 e. The molecule has 2 nitrogen and oxygen atoms in total. The molecular weight excluding hydrogens is 244 g/mol. The summed E-state index contributed by atoms with van der Waals surface area (Å²) in [6, 6.07) is 8.44. The molecule has 0 aromatic heterocycles. The fourth-order valence-corrected chi connectivity index (χ4v) is 2.26. The van der Waals surface area contributed by atoms with Gasteiger partial charge in [0.2, 0.25) is 0 Å². The third-order valence-electron chi connectivity index (χ3n) is 3.09. The van der Waals surface area contributed by atoms with Crippen LogP contribution in [-0.4, -0.2) is 24.5 Å². The van der Waals surface area contributed by atoms with Gasteiger partial charge in [0.05, 0.1) is 0 Å². The number of hydrogen-bond acceptors (Lipinski definition) is 2. The van der Waals surface area contributed by atoms with Gasteiger partial charge in [0.1, 0.15) is 0 Å². The van der Waals surface area contributed by atoms with Crippen LogP contribution >= 0.6 is 11.6 Å². The topological polar surface area (TPSA) is 29.3 Å². The molecule has 1 rings (SSSR count). The van der Waals surface area contributed by atoms with E-state index in [1.807, 2.05) is 12.1 Å². The Labute approximate surface area is 116 Å². The number of hydrogen-bond donors (Lipinski definition) is 1. The number of benzene rings is 1. The van der Waals surface area contributed by atoms with Crippen molar-refractivity contribution in [2.75, 3.05) is 13.6 Å². The SMILES string of the molecule is CN(Cc1ccc(Cl)cc1)C(CN)CC(C)(C)C. The standard InChI is InChI=1S/C15H25ClN2/c1-15(2,3)9-14(10-17)18(4)11-12-5-7-13(16)8-6-12/h5-8,14H,9-11,17H2,1-4H3. The molecule has 0 saturated carbocycles. The lowest BCUT2D eigenvalue weighted by Gasteiger charge is -2.32. The minimum absolute atomic E-state index is 0.304. The van der Waals surface area contributed by atoms with Gasteiger partial charge in [0, 0.05) is 24.2 Å². The predicted molar refractivity (Wildman–Crippen MR) is 79.8 cm³/mol. The monoisotopic (exact) mass is 268 g/mol. The number of rotatable bonds is 5. The normalized spacial score (nSPS) is 13.9. The van der Waals surface area contributed by atoms with E-state index in [2.05, 4.69) is 44.9 Å². The van der Waals surface area contributed by atoms with E-state index in [-0.39, 0.29) is 0 Å². The maximum atomic E-state index is 5.90. The summed E-state index contributed by atoms with van der Waals surface area (Å²) in [5, 5.41) is 0.784. The third kappa shape index (κ3) is 5.38. The first kappa shape index (κ1) is 15.5. The maximum absolute atomic E-state index is 5.90. The van der Waals surface area contributed by atoms with Crippen LogP contribution in [0.2, 0.25) is 5.02 Å². The highest BCUT2D eigenvalue weighted by Gasteiger charge is 2.21. The van der Waals surface area contributed by atoms with Crippen LogP contribution in [0.15, 0.2) is 24.3 Å². The van der Waals surface area contributed by atoms with Crippen molar-refractivity contribution in [3.63, 3.8) is 0 Å². The zero-order valence-corrected chi connectivity index (χ0v) is 12.7. The van der Waals surface area contributed by atoms with Crippen LogP contribution in [0.1, 0.15) is 32.8 Å². The molecule has 0 fully saturated rings. The minimum atomic E-state index is 0.304. The number of likely N-dealkylation sites (N-methyl/N-ethyl adjacent to an activating group) is 1. The van der Waals surface area contributed by atoms with Crippen LogP contribution in [0, 0.1) is 5.41 Å². The maximum Gasteiger partial charge on any atom is 0.0406 e. The molecule has 0 aliphatic carbocycles. The second-order valence-electron chi connectivity index (χ2n) is 6.20. The van der Waals surface area contributed by atoms with Gasteiger partial charge in [-0.2, -0.15) is 0 Å². The van der Waals surface area contributed by atoms with Crippen molar-refractivity contribution in [1.82, 2.24) is 4.90 Å². The summed E-state index contributed by atoms with van der Waals surface area (Å²) in [6.45, 7) is 8.37. The number of halogens is 1. The zero-order valence-electron chi connectivity index (χ0n) is 11.9. The predicted octanol–water partition coefficient (Wildman–Crippen LogP) is 3.54. The molecule has 0 bridgehead atoms. The van der Waals surface area contributed by atoms with Crippen molar-refractivity contribution < 1.29 is 0 Å². The molecule has 102 valence electrons. The smallest absolute Gasteiger partial charge is 0.0406 e. The summed E-state index contributed by atoms with van der Waals surface area (Å²) in [7, 11) is 2.14. The molecule has 1 aromatic rings. The largest absolute Gasteiger partial charge is 0.329 e. The van der Waals surface area contributed by atoms with Crippen LogP contribution in [-0.2, 0) is 6.54 Å². The van der Waals surface area contributed by atoms with E-state index in [0.717, 1.165) is 18.0 Å². The Kier molecular flexibility index (Phi) is 5.64. The van der Waals surface area contributed by atoms with Crippen LogP contribution in [0.3, 0.4) is 0 Å². The first-order valence-electron chi connectivity index (χ1n) is 6.46. The molecule has 1 unspecified atom stereocenters. The van der Waals surface area contributed by atoms with E-state index in [4.69, 9.17) is 17.3 Å². The summed E-state index contributed by atoms with van der Waals surface area (Å²) in [4.78, 5) is 2.33. The Morgan fingerprint density at radius 2 is 1.78 bits per heavy atom. The van der Waals surface area contributed by atoms with Crippen LogP contribution in [0.4, 0.5) is 0 Å². The summed E-state index contributed by atoms with van der Waals surface area (Å²) in [5.41, 5.74) is 7.47.